The van der Waals surface area contributed by atoms with Crippen molar-refractivity contribution < 1.29 is 18.4 Å². The summed E-state index contributed by atoms with van der Waals surface area (Å²) >= 11 is 0. The molecule has 5 nitrogen and oxygen atoms in total. The number of hydrogen-bond donors (Lipinski definition) is 1. The predicted molar refractivity (Wildman–Crippen MR) is 73.3 cm³/mol. The summed E-state index contributed by atoms with van der Waals surface area (Å²) < 4.78 is 31.8. The van der Waals surface area contributed by atoms with Crippen LogP contribution >= 0.6 is 0 Å². The molecule has 0 amide bonds. The van der Waals surface area contributed by atoms with Gasteiger partial charge in [-0.25, -0.2) is 8.78 Å². The van der Waals surface area contributed by atoms with Crippen molar-refractivity contribution in [2.45, 2.75) is 6.54 Å². The second-order valence-corrected chi connectivity index (χ2v) is 4.24. The van der Waals surface area contributed by atoms with Gasteiger partial charge in [-0.2, -0.15) is 0 Å². The van der Waals surface area contributed by atoms with Crippen LogP contribution in [0.3, 0.4) is 0 Å². The second kappa shape index (κ2) is 6.17. The number of rotatable bonds is 5. The van der Waals surface area contributed by atoms with Crippen molar-refractivity contribution in [3.05, 3.63) is 63.7 Å². The summed E-state index contributed by atoms with van der Waals surface area (Å²) in [6, 6.07) is 8.22. The molecule has 21 heavy (non-hydrogen) atoms. The highest BCUT2D eigenvalue weighted by molar-refractivity contribution is 5.62. The number of benzene rings is 2. The summed E-state index contributed by atoms with van der Waals surface area (Å²) in [4.78, 5) is 10.0. The summed E-state index contributed by atoms with van der Waals surface area (Å²) in [5.41, 5.74) is -0.244. The van der Waals surface area contributed by atoms with E-state index >= 15 is 0 Å². The fourth-order valence-electron chi connectivity index (χ4n) is 1.85. The molecule has 0 aliphatic heterocycles. The molecule has 2 aromatic rings. The molecule has 110 valence electrons. The summed E-state index contributed by atoms with van der Waals surface area (Å²) in [6.07, 6.45) is 0. The Bertz CT molecular complexity index is 677. The Labute approximate surface area is 119 Å². The summed E-state index contributed by atoms with van der Waals surface area (Å²) in [5.74, 6) is -1.39. The van der Waals surface area contributed by atoms with Gasteiger partial charge in [0.05, 0.1) is 18.1 Å². The molecule has 0 heterocycles. The first-order chi connectivity index (χ1) is 10.0. The van der Waals surface area contributed by atoms with Gasteiger partial charge in [-0.05, 0) is 17.7 Å². The van der Waals surface area contributed by atoms with E-state index in [1.165, 1.54) is 7.11 Å². The van der Waals surface area contributed by atoms with Crippen LogP contribution in [0.15, 0.2) is 36.4 Å². The second-order valence-electron chi connectivity index (χ2n) is 4.24. The van der Waals surface area contributed by atoms with Crippen molar-refractivity contribution in [1.29, 1.82) is 0 Å². The van der Waals surface area contributed by atoms with Crippen molar-refractivity contribution in [3.8, 4) is 5.75 Å². The molecule has 1 N–H and O–H groups in total. The molecule has 2 rings (SSSR count). The number of nitrogens with zero attached hydrogens (tertiary/aromatic N) is 1. The zero-order valence-corrected chi connectivity index (χ0v) is 11.1. The van der Waals surface area contributed by atoms with Gasteiger partial charge >= 0.3 is 0 Å². The lowest BCUT2D eigenvalue weighted by Crippen LogP contribution is -2.05. The van der Waals surface area contributed by atoms with Crippen LogP contribution in [0.25, 0.3) is 0 Å². The summed E-state index contributed by atoms with van der Waals surface area (Å²) in [5, 5.41) is 13.5. The highest BCUT2D eigenvalue weighted by Gasteiger charge is 2.20. The first kappa shape index (κ1) is 14.7. The maximum Gasteiger partial charge on any atom is 0.298 e. The number of methoxy groups -OCH3 is 1. The zero-order valence-electron chi connectivity index (χ0n) is 11.1. The first-order valence-electron chi connectivity index (χ1n) is 6.01. The Balaban J connectivity index is 2.25. The molecule has 0 radical (unpaired) electrons. The number of nitrogens with one attached hydrogen (secondary N) is 1. The van der Waals surface area contributed by atoms with Crippen molar-refractivity contribution in [3.63, 3.8) is 0 Å². The third-order valence-corrected chi connectivity index (χ3v) is 2.83. The van der Waals surface area contributed by atoms with Crippen LogP contribution in [-0.2, 0) is 6.54 Å². The molecular weight excluding hydrogens is 282 g/mol. The number of ether oxygens (including phenoxy) is 1. The maximum atomic E-state index is 13.7. The molecule has 0 unspecified atom stereocenters. The van der Waals surface area contributed by atoms with Crippen molar-refractivity contribution in [2.75, 3.05) is 12.4 Å². The number of nitro groups is 1. The van der Waals surface area contributed by atoms with Crippen LogP contribution in [0.4, 0.5) is 20.2 Å². The van der Waals surface area contributed by atoms with E-state index in [0.717, 1.165) is 5.56 Å². The minimum atomic E-state index is -1.01. The minimum absolute atomic E-state index is 0.139. The Kier molecular flexibility index (Phi) is 4.32. The van der Waals surface area contributed by atoms with E-state index in [-0.39, 0.29) is 12.2 Å². The zero-order chi connectivity index (χ0) is 15.4. The lowest BCUT2D eigenvalue weighted by Gasteiger charge is -2.09. The Morgan fingerprint density at radius 2 is 2.05 bits per heavy atom. The molecule has 7 heteroatoms. The van der Waals surface area contributed by atoms with E-state index in [1.54, 1.807) is 24.3 Å². The normalized spacial score (nSPS) is 10.2. The van der Waals surface area contributed by atoms with Gasteiger partial charge in [-0.1, -0.05) is 12.1 Å². The quantitative estimate of drug-likeness (QED) is 0.677. The molecule has 0 saturated carbocycles. The number of anilines is 1. The van der Waals surface area contributed by atoms with E-state index in [9.17, 15) is 18.9 Å². The van der Waals surface area contributed by atoms with E-state index in [1.807, 2.05) is 0 Å². The molecule has 0 aliphatic rings. The third-order valence-electron chi connectivity index (χ3n) is 2.83. The van der Waals surface area contributed by atoms with Gasteiger partial charge < -0.3 is 10.1 Å². The van der Waals surface area contributed by atoms with Crippen molar-refractivity contribution >= 4 is 11.4 Å². The predicted octanol–water partition coefficient (Wildman–Crippen LogP) is 3.49. The van der Waals surface area contributed by atoms with Gasteiger partial charge in [-0.3, -0.25) is 10.1 Å². The minimum Gasteiger partial charge on any atom is -0.497 e. The molecule has 0 fully saturated rings. The highest BCUT2D eigenvalue weighted by Crippen LogP contribution is 2.29. The van der Waals surface area contributed by atoms with Crippen molar-refractivity contribution in [1.82, 2.24) is 0 Å². The fourth-order valence-corrected chi connectivity index (χ4v) is 1.85. The van der Waals surface area contributed by atoms with E-state index in [2.05, 4.69) is 5.32 Å². The lowest BCUT2D eigenvalue weighted by molar-refractivity contribution is -0.384. The highest BCUT2D eigenvalue weighted by atomic mass is 19.1. The van der Waals surface area contributed by atoms with E-state index in [4.69, 9.17) is 4.74 Å². The average molecular weight is 294 g/mol. The summed E-state index contributed by atoms with van der Waals surface area (Å²) in [6.45, 7) is 0.139. The molecule has 0 atom stereocenters. The van der Waals surface area contributed by atoms with Crippen LogP contribution in [-0.4, -0.2) is 12.0 Å². The number of nitro benzene ring substituents is 1. The SMILES string of the molecule is COc1cccc(CNc2c(F)cc(F)cc2[N+](=O)[O-])c1. The first-order valence-corrected chi connectivity index (χ1v) is 6.01. The maximum absolute atomic E-state index is 13.7. The van der Waals surface area contributed by atoms with Crippen LogP contribution < -0.4 is 10.1 Å². The van der Waals surface area contributed by atoms with Crippen LogP contribution in [0.2, 0.25) is 0 Å². The van der Waals surface area contributed by atoms with Gasteiger partial charge in [0.2, 0.25) is 0 Å². The molecular formula is C14H12F2N2O3. The molecule has 0 saturated heterocycles. The van der Waals surface area contributed by atoms with Gasteiger partial charge in [0.25, 0.3) is 5.69 Å². The van der Waals surface area contributed by atoms with Crippen LogP contribution in [0.1, 0.15) is 5.56 Å². The van der Waals surface area contributed by atoms with Gasteiger partial charge in [0, 0.05) is 12.6 Å². The van der Waals surface area contributed by atoms with E-state index < -0.39 is 22.2 Å². The summed E-state index contributed by atoms with van der Waals surface area (Å²) in [7, 11) is 1.51. The lowest BCUT2D eigenvalue weighted by atomic mass is 10.2. The molecule has 0 bridgehead atoms. The third kappa shape index (κ3) is 3.44. The standard InChI is InChI=1S/C14H12F2N2O3/c1-21-11-4-2-3-9(5-11)8-17-14-12(16)6-10(15)7-13(14)18(19)20/h2-7,17H,8H2,1H3. The number of halogens is 2. The Hall–Kier alpha value is -2.70. The topological polar surface area (TPSA) is 64.4 Å². The van der Waals surface area contributed by atoms with Gasteiger partial charge in [0.1, 0.15) is 17.3 Å². The van der Waals surface area contributed by atoms with Gasteiger partial charge in [0.15, 0.2) is 5.82 Å². The van der Waals surface area contributed by atoms with Gasteiger partial charge in [-0.15, -0.1) is 0 Å². The molecule has 0 spiro atoms. The van der Waals surface area contributed by atoms with Crippen molar-refractivity contribution in [2.24, 2.45) is 0 Å². The fraction of sp³-hybridized carbons (Fsp3) is 0.143. The number of hydrogen-bond acceptors (Lipinski definition) is 4. The molecule has 0 aliphatic carbocycles. The molecule has 0 aromatic heterocycles. The largest absolute Gasteiger partial charge is 0.497 e. The monoisotopic (exact) mass is 294 g/mol. The van der Waals surface area contributed by atoms with Crippen LogP contribution in [0, 0.1) is 21.7 Å². The molecule has 2 aromatic carbocycles. The Morgan fingerprint density at radius 3 is 2.71 bits per heavy atom. The average Bonchev–Trinajstić information content (AvgIpc) is 2.45. The van der Waals surface area contributed by atoms with Crippen LogP contribution in [0.5, 0.6) is 5.75 Å². The smallest absolute Gasteiger partial charge is 0.298 e. The Morgan fingerprint density at radius 1 is 1.29 bits per heavy atom. The van der Waals surface area contributed by atoms with E-state index in [0.29, 0.717) is 17.9 Å².